The van der Waals surface area contributed by atoms with E-state index in [1.165, 1.54) is 40.0 Å². The molecule has 22 heavy (non-hydrogen) atoms. The van der Waals surface area contributed by atoms with Crippen molar-refractivity contribution in [2.75, 3.05) is 0 Å². The predicted octanol–water partition coefficient (Wildman–Crippen LogP) is 6.04. The second kappa shape index (κ2) is 7.14. The smallest absolute Gasteiger partial charge is 0.348 e. The molecule has 0 spiro atoms. The average Bonchev–Trinajstić information content (AvgIpc) is 3.07. The molecule has 0 bridgehead atoms. The van der Waals surface area contributed by atoms with E-state index in [-0.39, 0.29) is 12.1 Å². The molecule has 1 aliphatic rings. The highest BCUT2D eigenvalue weighted by Gasteiger charge is 2.24. The summed E-state index contributed by atoms with van der Waals surface area (Å²) in [6.07, 6.45) is 8.15. The summed E-state index contributed by atoms with van der Waals surface area (Å²) in [5.74, 6) is 0.712. The van der Waals surface area contributed by atoms with E-state index in [9.17, 15) is 4.79 Å². The van der Waals surface area contributed by atoms with Crippen LogP contribution in [-0.4, -0.2) is 12.1 Å². The minimum atomic E-state index is -0.120. The van der Waals surface area contributed by atoms with Gasteiger partial charge in [-0.05, 0) is 50.2 Å². The van der Waals surface area contributed by atoms with Crippen LogP contribution >= 0.6 is 22.7 Å². The van der Waals surface area contributed by atoms with Crippen LogP contribution in [0.5, 0.6) is 0 Å². The highest BCUT2D eigenvalue weighted by Crippen LogP contribution is 2.35. The maximum Gasteiger partial charge on any atom is 0.348 e. The zero-order chi connectivity index (χ0) is 15.5. The summed E-state index contributed by atoms with van der Waals surface area (Å²) in [7, 11) is 0. The third kappa shape index (κ3) is 3.54. The Kier molecular flexibility index (Phi) is 5.19. The summed E-state index contributed by atoms with van der Waals surface area (Å²) >= 11 is 3.39. The van der Waals surface area contributed by atoms with Crippen molar-refractivity contribution in [3.63, 3.8) is 0 Å². The highest BCUT2D eigenvalue weighted by atomic mass is 32.1. The zero-order valence-electron chi connectivity index (χ0n) is 13.4. The largest absolute Gasteiger partial charge is 0.458 e. The number of carbonyl (C=O) groups is 1. The van der Waals surface area contributed by atoms with Crippen LogP contribution in [0.3, 0.4) is 0 Å². The van der Waals surface area contributed by atoms with Crippen LogP contribution in [0.2, 0.25) is 0 Å². The molecule has 120 valence electrons. The van der Waals surface area contributed by atoms with E-state index < -0.39 is 0 Å². The molecule has 0 radical (unpaired) electrons. The van der Waals surface area contributed by atoms with Gasteiger partial charge in [-0.3, -0.25) is 0 Å². The van der Waals surface area contributed by atoms with Gasteiger partial charge in [0.25, 0.3) is 0 Å². The van der Waals surface area contributed by atoms with Gasteiger partial charge in [-0.1, -0.05) is 26.7 Å². The number of thiophene rings is 2. The van der Waals surface area contributed by atoms with E-state index in [2.05, 4.69) is 19.9 Å². The monoisotopic (exact) mass is 336 g/mol. The number of hydrogen-bond acceptors (Lipinski definition) is 4. The normalized spacial score (nSPS) is 22.1. The SMILES string of the molecule is CCCc1cc2sc(C(=O)OC3CCC(CC)CC3)cc2s1. The van der Waals surface area contributed by atoms with Gasteiger partial charge in [-0.2, -0.15) is 0 Å². The van der Waals surface area contributed by atoms with Gasteiger partial charge in [-0.15, -0.1) is 22.7 Å². The average molecular weight is 337 g/mol. The quantitative estimate of drug-likeness (QED) is 0.622. The van der Waals surface area contributed by atoms with Gasteiger partial charge in [0.2, 0.25) is 0 Å². The second-order valence-electron chi connectivity index (χ2n) is 6.26. The molecule has 0 atom stereocenters. The minimum absolute atomic E-state index is 0.120. The third-order valence-corrected chi connectivity index (χ3v) is 6.93. The molecule has 4 heteroatoms. The summed E-state index contributed by atoms with van der Waals surface area (Å²) in [5, 5.41) is 0. The fraction of sp³-hybridized carbons (Fsp3) is 0.611. The summed E-state index contributed by atoms with van der Waals surface area (Å²) in [5.41, 5.74) is 0. The lowest BCUT2D eigenvalue weighted by molar-refractivity contribution is 0.0170. The Morgan fingerprint density at radius 1 is 1.14 bits per heavy atom. The van der Waals surface area contributed by atoms with E-state index in [0.29, 0.717) is 0 Å². The van der Waals surface area contributed by atoms with Gasteiger partial charge < -0.3 is 4.74 Å². The molecule has 0 unspecified atom stereocenters. The van der Waals surface area contributed by atoms with Gasteiger partial charge in [-0.25, -0.2) is 4.79 Å². The number of aryl methyl sites for hydroxylation is 1. The lowest BCUT2D eigenvalue weighted by Crippen LogP contribution is -2.24. The van der Waals surface area contributed by atoms with Gasteiger partial charge in [0.05, 0.1) is 0 Å². The molecule has 2 aromatic heterocycles. The molecule has 1 saturated carbocycles. The molecule has 0 aliphatic heterocycles. The van der Waals surface area contributed by atoms with Crippen LogP contribution in [0.15, 0.2) is 12.1 Å². The standard InChI is InChI=1S/C18H24O2S2/c1-3-5-14-10-15-16(21-14)11-17(22-15)18(19)20-13-8-6-12(4-2)7-9-13/h10-13H,3-9H2,1-2H3. The van der Waals surface area contributed by atoms with Gasteiger partial charge in [0.15, 0.2) is 0 Å². The Bertz CT molecular complexity index is 601. The highest BCUT2D eigenvalue weighted by molar-refractivity contribution is 7.28. The number of fused-ring (bicyclic) bond motifs is 1. The second-order valence-corrected chi connectivity index (χ2v) is 8.51. The first-order valence-corrected chi connectivity index (χ1v) is 10.1. The van der Waals surface area contributed by atoms with Crippen molar-refractivity contribution in [3.8, 4) is 0 Å². The Hall–Kier alpha value is -0.870. The number of rotatable bonds is 5. The maximum absolute atomic E-state index is 12.3. The van der Waals surface area contributed by atoms with E-state index in [1.807, 2.05) is 17.4 Å². The maximum atomic E-state index is 12.3. The molecule has 2 nitrogen and oxygen atoms in total. The molecule has 0 amide bonds. The Morgan fingerprint density at radius 2 is 1.86 bits per heavy atom. The Balaban J connectivity index is 1.61. The topological polar surface area (TPSA) is 26.3 Å². The van der Waals surface area contributed by atoms with Gasteiger partial charge >= 0.3 is 5.97 Å². The lowest BCUT2D eigenvalue weighted by Gasteiger charge is -2.27. The molecule has 0 aromatic carbocycles. The van der Waals surface area contributed by atoms with Crippen LogP contribution in [0.4, 0.5) is 0 Å². The van der Waals surface area contributed by atoms with E-state index in [0.717, 1.165) is 30.1 Å². The molecule has 2 heterocycles. The van der Waals surface area contributed by atoms with Crippen molar-refractivity contribution < 1.29 is 9.53 Å². The Labute approximate surface area is 140 Å². The van der Waals surface area contributed by atoms with E-state index in [4.69, 9.17) is 4.74 Å². The van der Waals surface area contributed by atoms with Crippen molar-refractivity contribution in [2.45, 2.75) is 64.9 Å². The van der Waals surface area contributed by atoms with Crippen molar-refractivity contribution in [3.05, 3.63) is 21.9 Å². The van der Waals surface area contributed by atoms with E-state index in [1.54, 1.807) is 11.3 Å². The number of carbonyl (C=O) groups excluding carboxylic acids is 1. The van der Waals surface area contributed by atoms with Crippen LogP contribution in [0.1, 0.15) is 66.9 Å². The molecule has 1 aliphatic carbocycles. The van der Waals surface area contributed by atoms with Crippen molar-refractivity contribution in [1.29, 1.82) is 0 Å². The first-order valence-electron chi connectivity index (χ1n) is 8.42. The van der Waals surface area contributed by atoms with Crippen LogP contribution in [0, 0.1) is 5.92 Å². The summed E-state index contributed by atoms with van der Waals surface area (Å²) in [6.45, 7) is 4.45. The van der Waals surface area contributed by atoms with Crippen molar-refractivity contribution in [2.24, 2.45) is 5.92 Å². The summed E-state index contributed by atoms with van der Waals surface area (Å²) in [4.78, 5) is 14.5. The van der Waals surface area contributed by atoms with Gasteiger partial charge in [0, 0.05) is 14.3 Å². The predicted molar refractivity (Wildman–Crippen MR) is 95.1 cm³/mol. The minimum Gasteiger partial charge on any atom is -0.458 e. The van der Waals surface area contributed by atoms with E-state index >= 15 is 0 Å². The Morgan fingerprint density at radius 3 is 2.50 bits per heavy atom. The van der Waals surface area contributed by atoms with Crippen molar-refractivity contribution >= 4 is 38.0 Å². The molecule has 2 aromatic rings. The fourth-order valence-corrected chi connectivity index (χ4v) is 5.63. The van der Waals surface area contributed by atoms with Gasteiger partial charge in [0.1, 0.15) is 11.0 Å². The third-order valence-electron chi connectivity index (χ3n) is 4.60. The fourth-order valence-electron chi connectivity index (χ4n) is 3.22. The lowest BCUT2D eigenvalue weighted by atomic mass is 9.86. The first kappa shape index (κ1) is 16.0. The first-order chi connectivity index (χ1) is 10.7. The van der Waals surface area contributed by atoms with Crippen molar-refractivity contribution in [1.82, 2.24) is 0 Å². The molecular weight excluding hydrogens is 312 g/mol. The van der Waals surface area contributed by atoms with Crippen LogP contribution in [-0.2, 0) is 11.2 Å². The summed E-state index contributed by atoms with van der Waals surface area (Å²) < 4.78 is 8.19. The molecule has 0 N–H and O–H groups in total. The molecule has 3 rings (SSSR count). The van der Waals surface area contributed by atoms with Crippen LogP contribution < -0.4 is 0 Å². The molecular formula is C18H24O2S2. The number of esters is 1. The molecule has 0 saturated heterocycles. The number of ether oxygens (including phenoxy) is 1. The number of hydrogen-bond donors (Lipinski definition) is 0. The van der Waals surface area contributed by atoms with Crippen LogP contribution in [0.25, 0.3) is 9.40 Å². The molecule has 1 fully saturated rings. The summed E-state index contributed by atoms with van der Waals surface area (Å²) in [6, 6.07) is 4.25. The zero-order valence-corrected chi connectivity index (χ0v) is 15.0.